The number of carbonyl (C=O) groups is 1. The van der Waals surface area contributed by atoms with Gasteiger partial charge in [0.15, 0.2) is 0 Å². The van der Waals surface area contributed by atoms with Crippen molar-refractivity contribution in [1.29, 1.82) is 0 Å². The number of amides is 2. The van der Waals surface area contributed by atoms with E-state index in [0.717, 1.165) is 36.5 Å². The average molecular weight is 324 g/mol. The van der Waals surface area contributed by atoms with Gasteiger partial charge in [0.2, 0.25) is 0 Å². The van der Waals surface area contributed by atoms with Crippen LogP contribution >= 0.6 is 0 Å². The van der Waals surface area contributed by atoms with E-state index >= 15 is 0 Å². The number of carbonyl (C=O) groups excluding carboxylic acids is 1. The topological polar surface area (TPSA) is 59.0 Å². The number of fused-ring (bicyclic) bond motifs is 1. The second kappa shape index (κ2) is 7.34. The maximum atomic E-state index is 12.1. The summed E-state index contributed by atoms with van der Waals surface area (Å²) in [5.74, 6) is 0.980. The van der Waals surface area contributed by atoms with E-state index in [9.17, 15) is 4.79 Å². The maximum Gasteiger partial charge on any atom is 0.319 e. The molecule has 126 valence electrons. The fraction of sp³-hybridized carbons (Fsp3) is 0.368. The lowest BCUT2D eigenvalue weighted by Crippen LogP contribution is -2.35. The monoisotopic (exact) mass is 324 g/mol. The van der Waals surface area contributed by atoms with Gasteiger partial charge in [-0.15, -0.1) is 6.58 Å². The number of hydrogen-bond acceptors (Lipinski definition) is 2. The quantitative estimate of drug-likeness (QED) is 0.818. The minimum absolute atomic E-state index is 0.0602. The first-order valence-corrected chi connectivity index (χ1v) is 8.50. The molecular formula is C19H24N4O. The third-order valence-electron chi connectivity index (χ3n) is 4.28. The smallest absolute Gasteiger partial charge is 0.319 e. The predicted molar refractivity (Wildman–Crippen MR) is 97.0 cm³/mol. The summed E-state index contributed by atoms with van der Waals surface area (Å²) in [4.78, 5) is 16.6. The van der Waals surface area contributed by atoms with Gasteiger partial charge in [0.1, 0.15) is 5.82 Å². The van der Waals surface area contributed by atoms with Crippen molar-refractivity contribution in [1.82, 2.24) is 14.9 Å². The molecule has 0 aliphatic carbocycles. The van der Waals surface area contributed by atoms with Crippen LogP contribution in [0.2, 0.25) is 0 Å². The van der Waals surface area contributed by atoms with Gasteiger partial charge in [0.25, 0.3) is 0 Å². The van der Waals surface area contributed by atoms with Crippen molar-refractivity contribution in [2.75, 3.05) is 5.32 Å². The van der Waals surface area contributed by atoms with E-state index in [1.807, 2.05) is 37.4 Å². The summed E-state index contributed by atoms with van der Waals surface area (Å²) in [5, 5.41) is 5.78. The van der Waals surface area contributed by atoms with Gasteiger partial charge < -0.3 is 15.2 Å². The second-order valence-electron chi connectivity index (χ2n) is 6.29. The van der Waals surface area contributed by atoms with Gasteiger partial charge in [0.05, 0.1) is 0 Å². The minimum Gasteiger partial charge on any atom is -0.335 e. The van der Waals surface area contributed by atoms with Gasteiger partial charge in [0, 0.05) is 35.7 Å². The molecular weight excluding hydrogens is 300 g/mol. The van der Waals surface area contributed by atoms with Gasteiger partial charge in [-0.25, -0.2) is 9.78 Å². The van der Waals surface area contributed by atoms with Crippen molar-refractivity contribution in [2.24, 2.45) is 0 Å². The van der Waals surface area contributed by atoms with Crippen molar-refractivity contribution in [3.8, 4) is 11.4 Å². The molecule has 0 radical (unpaired) electrons. The SMILES string of the molecule is C=CCC(C)NC(=O)Nc1cccc(-c2ncc3n2CCCC3)c1. The minimum atomic E-state index is -0.202. The van der Waals surface area contributed by atoms with Crippen LogP contribution in [0.1, 0.15) is 31.9 Å². The van der Waals surface area contributed by atoms with E-state index in [-0.39, 0.29) is 12.1 Å². The predicted octanol–water partition coefficient (Wildman–Crippen LogP) is 3.97. The number of aryl methyl sites for hydroxylation is 1. The lowest BCUT2D eigenvalue weighted by molar-refractivity contribution is 0.249. The molecule has 1 aliphatic rings. The molecule has 1 aliphatic heterocycles. The molecule has 24 heavy (non-hydrogen) atoms. The number of anilines is 1. The Labute approximate surface area is 142 Å². The van der Waals surface area contributed by atoms with Crippen LogP contribution in [0.3, 0.4) is 0 Å². The number of rotatable bonds is 5. The zero-order valence-electron chi connectivity index (χ0n) is 14.1. The average Bonchev–Trinajstić information content (AvgIpc) is 2.99. The van der Waals surface area contributed by atoms with E-state index in [4.69, 9.17) is 0 Å². The van der Waals surface area contributed by atoms with Crippen LogP contribution in [0, 0.1) is 0 Å². The summed E-state index contributed by atoms with van der Waals surface area (Å²) in [6.07, 6.45) is 8.03. The van der Waals surface area contributed by atoms with Crippen LogP contribution in [0.5, 0.6) is 0 Å². The molecule has 5 heteroatoms. The molecule has 0 saturated carbocycles. The summed E-state index contributed by atoms with van der Waals surface area (Å²) in [6, 6.07) is 7.70. The highest BCUT2D eigenvalue weighted by Crippen LogP contribution is 2.26. The van der Waals surface area contributed by atoms with Crippen LogP contribution in [0.15, 0.2) is 43.1 Å². The Hall–Kier alpha value is -2.56. The van der Waals surface area contributed by atoms with Gasteiger partial charge in [-0.2, -0.15) is 0 Å². The number of imidazole rings is 1. The molecule has 3 rings (SSSR count). The highest BCUT2D eigenvalue weighted by molar-refractivity contribution is 5.90. The summed E-state index contributed by atoms with van der Waals surface area (Å²) < 4.78 is 2.29. The first-order chi connectivity index (χ1) is 11.7. The van der Waals surface area contributed by atoms with E-state index in [0.29, 0.717) is 0 Å². The Bertz CT molecular complexity index is 735. The molecule has 1 aromatic carbocycles. The summed E-state index contributed by atoms with van der Waals surface area (Å²) >= 11 is 0. The van der Waals surface area contributed by atoms with Crippen molar-refractivity contribution in [3.05, 3.63) is 48.8 Å². The van der Waals surface area contributed by atoms with E-state index in [2.05, 4.69) is 26.8 Å². The Balaban J connectivity index is 1.74. The van der Waals surface area contributed by atoms with E-state index < -0.39 is 0 Å². The molecule has 1 unspecified atom stereocenters. The number of benzene rings is 1. The lowest BCUT2D eigenvalue weighted by Gasteiger charge is -2.17. The molecule has 2 aromatic rings. The molecule has 0 fully saturated rings. The van der Waals surface area contributed by atoms with E-state index in [1.54, 1.807) is 6.08 Å². The van der Waals surface area contributed by atoms with Gasteiger partial charge in [-0.3, -0.25) is 0 Å². The first kappa shape index (κ1) is 16.3. The summed E-state index contributed by atoms with van der Waals surface area (Å²) in [7, 11) is 0. The van der Waals surface area contributed by atoms with Gasteiger partial charge in [-0.05, 0) is 44.7 Å². The van der Waals surface area contributed by atoms with Crippen molar-refractivity contribution >= 4 is 11.7 Å². The third kappa shape index (κ3) is 3.67. The Morgan fingerprint density at radius 3 is 3.17 bits per heavy atom. The van der Waals surface area contributed by atoms with Crippen LogP contribution in [0.4, 0.5) is 10.5 Å². The van der Waals surface area contributed by atoms with Crippen LogP contribution in [0.25, 0.3) is 11.4 Å². The normalized spacial score (nSPS) is 14.5. The summed E-state index contributed by atoms with van der Waals surface area (Å²) in [5.41, 5.74) is 3.09. The Kier molecular flexibility index (Phi) is 4.99. The molecule has 5 nitrogen and oxygen atoms in total. The lowest BCUT2D eigenvalue weighted by atomic mass is 10.1. The number of hydrogen-bond donors (Lipinski definition) is 2. The molecule has 2 heterocycles. The molecule has 0 spiro atoms. The number of urea groups is 1. The molecule has 0 bridgehead atoms. The Morgan fingerprint density at radius 2 is 2.33 bits per heavy atom. The number of nitrogens with one attached hydrogen (secondary N) is 2. The largest absolute Gasteiger partial charge is 0.335 e. The highest BCUT2D eigenvalue weighted by Gasteiger charge is 2.15. The number of nitrogens with zero attached hydrogens (tertiary/aromatic N) is 2. The molecule has 2 amide bonds. The van der Waals surface area contributed by atoms with Crippen molar-refractivity contribution < 1.29 is 4.79 Å². The molecule has 1 atom stereocenters. The first-order valence-electron chi connectivity index (χ1n) is 8.50. The highest BCUT2D eigenvalue weighted by atomic mass is 16.2. The molecule has 0 saturated heterocycles. The van der Waals surface area contributed by atoms with Crippen LogP contribution in [-0.2, 0) is 13.0 Å². The third-order valence-corrected chi connectivity index (χ3v) is 4.28. The summed E-state index contributed by atoms with van der Waals surface area (Å²) in [6.45, 7) is 6.65. The fourth-order valence-corrected chi connectivity index (χ4v) is 3.10. The maximum absolute atomic E-state index is 12.1. The van der Waals surface area contributed by atoms with Gasteiger partial charge in [-0.1, -0.05) is 18.2 Å². The Morgan fingerprint density at radius 1 is 1.46 bits per heavy atom. The number of aromatic nitrogens is 2. The fourth-order valence-electron chi connectivity index (χ4n) is 3.10. The zero-order valence-corrected chi connectivity index (χ0v) is 14.1. The molecule has 2 N–H and O–H groups in total. The van der Waals surface area contributed by atoms with Crippen molar-refractivity contribution in [2.45, 2.75) is 45.2 Å². The molecule has 1 aromatic heterocycles. The van der Waals surface area contributed by atoms with Crippen molar-refractivity contribution in [3.63, 3.8) is 0 Å². The zero-order chi connectivity index (χ0) is 16.9. The second-order valence-corrected chi connectivity index (χ2v) is 6.29. The van der Waals surface area contributed by atoms with E-state index in [1.165, 1.54) is 18.5 Å². The van der Waals surface area contributed by atoms with Crippen LogP contribution < -0.4 is 10.6 Å². The standard InChI is InChI=1S/C19H24N4O/c1-3-7-14(2)21-19(24)22-16-9-6-8-15(12-16)18-20-13-17-10-4-5-11-23(17)18/h3,6,8-9,12-14H,1,4-5,7,10-11H2,2H3,(H2,21,22,24). The van der Waals surface area contributed by atoms with Crippen LogP contribution in [-0.4, -0.2) is 21.6 Å². The van der Waals surface area contributed by atoms with Gasteiger partial charge >= 0.3 is 6.03 Å².